The van der Waals surface area contributed by atoms with E-state index in [1.165, 1.54) is 11.1 Å². The van der Waals surface area contributed by atoms with E-state index in [2.05, 4.69) is 30.3 Å². The van der Waals surface area contributed by atoms with Gasteiger partial charge in [0.2, 0.25) is 0 Å². The lowest BCUT2D eigenvalue weighted by Crippen LogP contribution is -2.04. The number of benzene rings is 2. The van der Waals surface area contributed by atoms with Crippen molar-refractivity contribution in [2.24, 2.45) is 0 Å². The van der Waals surface area contributed by atoms with Gasteiger partial charge in [0, 0.05) is 5.92 Å². The fourth-order valence-electron chi connectivity index (χ4n) is 2.33. The van der Waals surface area contributed by atoms with Crippen LogP contribution in [-0.2, 0) is 4.79 Å². The summed E-state index contributed by atoms with van der Waals surface area (Å²) in [6.45, 7) is 9.65. The molecule has 2 aromatic carbocycles. The summed E-state index contributed by atoms with van der Waals surface area (Å²) < 4.78 is 0. The van der Waals surface area contributed by atoms with Gasteiger partial charge in [0.15, 0.2) is 0 Å². The Labute approximate surface area is 134 Å². The van der Waals surface area contributed by atoms with Crippen LogP contribution in [0.1, 0.15) is 57.2 Å². The molecule has 0 aliphatic carbocycles. The van der Waals surface area contributed by atoms with Crippen LogP contribution in [0.2, 0.25) is 0 Å². The van der Waals surface area contributed by atoms with Crippen LogP contribution in [0.4, 0.5) is 0 Å². The van der Waals surface area contributed by atoms with Crippen molar-refractivity contribution in [1.82, 2.24) is 0 Å². The Hall–Kier alpha value is -2.15. The van der Waals surface area contributed by atoms with E-state index in [1.54, 1.807) is 6.92 Å². The molecule has 0 saturated heterocycles. The van der Waals surface area contributed by atoms with Gasteiger partial charge in [-0.2, -0.15) is 0 Å². The topological polar surface area (TPSA) is 17.1 Å². The molecule has 0 N–H and O–H groups in total. The van der Waals surface area contributed by atoms with E-state index in [1.807, 2.05) is 58.0 Å². The Bertz CT molecular complexity index is 623. The Kier molecular flexibility index (Phi) is 7.31. The lowest BCUT2D eigenvalue weighted by atomic mass is 9.91. The van der Waals surface area contributed by atoms with E-state index >= 15 is 0 Å². The summed E-state index contributed by atoms with van der Waals surface area (Å²) in [5.74, 6) is 0.146. The molecule has 0 amide bonds. The molecule has 0 spiro atoms. The average molecular weight is 294 g/mol. The zero-order chi connectivity index (χ0) is 16.5. The molecule has 0 aliphatic heterocycles. The van der Waals surface area contributed by atoms with E-state index in [-0.39, 0.29) is 11.7 Å². The molecule has 22 heavy (non-hydrogen) atoms. The molecule has 2 aromatic rings. The summed E-state index contributed by atoms with van der Waals surface area (Å²) in [4.78, 5) is 11.6. The molecule has 0 fully saturated rings. The van der Waals surface area contributed by atoms with Crippen molar-refractivity contribution in [2.75, 3.05) is 0 Å². The van der Waals surface area contributed by atoms with Crippen molar-refractivity contribution in [3.8, 4) is 0 Å². The van der Waals surface area contributed by atoms with Crippen LogP contribution in [0.5, 0.6) is 0 Å². The van der Waals surface area contributed by atoms with Crippen molar-refractivity contribution in [3.05, 3.63) is 77.4 Å². The first kappa shape index (κ1) is 17.9. The highest BCUT2D eigenvalue weighted by atomic mass is 16.1. The fraction of sp³-hybridized carbons (Fsp3) is 0.286. The lowest BCUT2D eigenvalue weighted by Gasteiger charge is -2.12. The molecule has 1 nitrogen and oxygen atoms in total. The zero-order valence-corrected chi connectivity index (χ0v) is 14.3. The van der Waals surface area contributed by atoms with Gasteiger partial charge in [-0.3, -0.25) is 4.79 Å². The second-order valence-electron chi connectivity index (χ2n) is 5.03. The zero-order valence-electron chi connectivity index (χ0n) is 14.3. The van der Waals surface area contributed by atoms with Gasteiger partial charge < -0.3 is 0 Å². The maximum Gasteiger partial charge on any atom is 0.136 e. The van der Waals surface area contributed by atoms with Gasteiger partial charge in [-0.15, -0.1) is 0 Å². The molecule has 0 aromatic heterocycles. The molecule has 0 aliphatic rings. The minimum atomic E-state index is -0.0520. The Morgan fingerprint density at radius 2 is 1.55 bits per heavy atom. The largest absolute Gasteiger partial charge is 0.299 e. The normalized spacial score (nSPS) is 12.1. The first-order chi connectivity index (χ1) is 10.6. The molecular weight excluding hydrogens is 268 g/mol. The Morgan fingerprint density at radius 1 is 0.955 bits per heavy atom. The molecule has 0 saturated carbocycles. The van der Waals surface area contributed by atoms with Crippen LogP contribution in [-0.4, -0.2) is 5.78 Å². The number of hydrogen-bond donors (Lipinski definition) is 0. The van der Waals surface area contributed by atoms with Gasteiger partial charge in [0.05, 0.1) is 0 Å². The van der Waals surface area contributed by atoms with E-state index in [0.717, 1.165) is 11.1 Å². The summed E-state index contributed by atoms with van der Waals surface area (Å²) in [5.41, 5.74) is 4.63. The molecule has 2 rings (SSSR count). The summed E-state index contributed by atoms with van der Waals surface area (Å²) in [6, 6.07) is 18.6. The summed E-state index contributed by atoms with van der Waals surface area (Å²) >= 11 is 0. The number of hydrogen-bond acceptors (Lipinski definition) is 1. The third-order valence-corrected chi connectivity index (χ3v) is 3.68. The number of carbonyl (C=O) groups excluding carboxylic acids is 1. The lowest BCUT2D eigenvalue weighted by molar-refractivity contribution is -0.118. The highest BCUT2D eigenvalue weighted by Crippen LogP contribution is 2.26. The number of carbonyl (C=O) groups is 1. The molecule has 1 heteroatoms. The van der Waals surface area contributed by atoms with Gasteiger partial charge in [0.1, 0.15) is 5.78 Å². The van der Waals surface area contributed by atoms with E-state index in [4.69, 9.17) is 0 Å². The predicted molar refractivity (Wildman–Crippen MR) is 96.1 cm³/mol. The molecule has 1 unspecified atom stereocenters. The third-order valence-electron chi connectivity index (χ3n) is 3.68. The van der Waals surface area contributed by atoms with Gasteiger partial charge in [0.25, 0.3) is 0 Å². The van der Waals surface area contributed by atoms with Crippen LogP contribution < -0.4 is 0 Å². The summed E-state index contributed by atoms with van der Waals surface area (Å²) in [5, 5.41) is 0. The van der Waals surface area contributed by atoms with Crippen molar-refractivity contribution in [2.45, 2.75) is 40.5 Å². The smallest absolute Gasteiger partial charge is 0.136 e. The summed E-state index contributed by atoms with van der Waals surface area (Å²) in [7, 11) is 0. The Balaban J connectivity index is 0.00000116. The SMILES string of the molecule is C/C=C(/c1ccccc1)c1cccc(C(C)C(C)=O)c1.CC. The third kappa shape index (κ3) is 4.42. The van der Waals surface area contributed by atoms with Gasteiger partial charge in [-0.05, 0) is 36.1 Å². The van der Waals surface area contributed by atoms with Crippen molar-refractivity contribution >= 4 is 11.4 Å². The second kappa shape index (κ2) is 8.99. The molecule has 1 atom stereocenters. The van der Waals surface area contributed by atoms with E-state index in [0.29, 0.717) is 0 Å². The molecule has 0 radical (unpaired) electrons. The average Bonchev–Trinajstić information content (AvgIpc) is 2.58. The summed E-state index contributed by atoms with van der Waals surface area (Å²) in [6.07, 6.45) is 2.12. The van der Waals surface area contributed by atoms with Crippen molar-refractivity contribution in [3.63, 3.8) is 0 Å². The van der Waals surface area contributed by atoms with Crippen molar-refractivity contribution < 1.29 is 4.79 Å². The predicted octanol–water partition coefficient (Wildman–Crippen LogP) is 5.86. The number of rotatable bonds is 4. The van der Waals surface area contributed by atoms with Crippen LogP contribution >= 0.6 is 0 Å². The second-order valence-corrected chi connectivity index (χ2v) is 5.03. The van der Waals surface area contributed by atoms with Crippen LogP contribution in [0.25, 0.3) is 5.57 Å². The fourth-order valence-corrected chi connectivity index (χ4v) is 2.33. The van der Waals surface area contributed by atoms with E-state index in [9.17, 15) is 4.79 Å². The van der Waals surface area contributed by atoms with Crippen molar-refractivity contribution in [1.29, 1.82) is 0 Å². The first-order valence-electron chi connectivity index (χ1n) is 7.96. The highest BCUT2D eigenvalue weighted by molar-refractivity contribution is 5.84. The number of ketones is 1. The number of Topliss-reactive ketones (excluding diaryl/α,β-unsaturated/α-hetero) is 1. The first-order valence-corrected chi connectivity index (χ1v) is 7.96. The minimum absolute atomic E-state index is 0.0520. The molecule has 0 bridgehead atoms. The van der Waals surface area contributed by atoms with Crippen LogP contribution in [0.15, 0.2) is 60.7 Å². The maximum absolute atomic E-state index is 11.6. The van der Waals surface area contributed by atoms with Crippen LogP contribution in [0.3, 0.4) is 0 Å². The molecule has 116 valence electrons. The van der Waals surface area contributed by atoms with Crippen LogP contribution in [0, 0.1) is 0 Å². The van der Waals surface area contributed by atoms with Gasteiger partial charge in [-0.1, -0.05) is 81.4 Å². The standard InChI is InChI=1S/C19H20O.C2H6/c1-4-19(16-9-6-5-7-10-16)18-12-8-11-17(13-18)14(2)15(3)20;1-2/h4-14H,1-3H3;1-2H3/b19-4-;. The minimum Gasteiger partial charge on any atom is -0.299 e. The maximum atomic E-state index is 11.6. The molecule has 0 heterocycles. The van der Waals surface area contributed by atoms with E-state index < -0.39 is 0 Å². The molecular formula is C21H26O. The monoisotopic (exact) mass is 294 g/mol. The van der Waals surface area contributed by atoms with Gasteiger partial charge in [-0.25, -0.2) is 0 Å². The van der Waals surface area contributed by atoms with Gasteiger partial charge >= 0.3 is 0 Å². The number of allylic oxidation sites excluding steroid dienone is 1. The highest BCUT2D eigenvalue weighted by Gasteiger charge is 2.12. The quantitative estimate of drug-likeness (QED) is 0.690. The Morgan fingerprint density at radius 3 is 2.09 bits per heavy atom.